The molecule has 3 rings (SSSR count). The van der Waals surface area contributed by atoms with Gasteiger partial charge in [-0.05, 0) is 44.2 Å². The highest BCUT2D eigenvalue weighted by Crippen LogP contribution is 2.23. The highest BCUT2D eigenvalue weighted by molar-refractivity contribution is 7.15. The van der Waals surface area contributed by atoms with Crippen molar-refractivity contribution in [2.45, 2.75) is 44.6 Å². The SMILES string of the molecule is Nc1nnc(CC(=O)N2CCCC[C@H]2CCc2ccccn2)s1. The molecule has 3 heterocycles. The van der Waals surface area contributed by atoms with Gasteiger partial charge in [-0.2, -0.15) is 0 Å². The molecule has 0 saturated carbocycles. The van der Waals surface area contributed by atoms with Gasteiger partial charge in [0.2, 0.25) is 11.0 Å². The molecule has 2 N–H and O–H groups in total. The van der Waals surface area contributed by atoms with Gasteiger partial charge >= 0.3 is 0 Å². The van der Waals surface area contributed by atoms with Crippen LogP contribution in [-0.2, 0) is 17.6 Å². The predicted molar refractivity (Wildman–Crippen MR) is 89.9 cm³/mol. The summed E-state index contributed by atoms with van der Waals surface area (Å²) in [6, 6.07) is 6.27. The molecule has 0 aliphatic carbocycles. The highest BCUT2D eigenvalue weighted by Gasteiger charge is 2.27. The Balaban J connectivity index is 1.60. The summed E-state index contributed by atoms with van der Waals surface area (Å²) in [4.78, 5) is 19.0. The molecule has 0 spiro atoms. The van der Waals surface area contributed by atoms with E-state index in [-0.39, 0.29) is 5.91 Å². The molecule has 1 atom stereocenters. The lowest BCUT2D eigenvalue weighted by atomic mass is 9.96. The molecule has 2 aromatic heterocycles. The van der Waals surface area contributed by atoms with Crippen LogP contribution < -0.4 is 5.73 Å². The minimum absolute atomic E-state index is 0.131. The smallest absolute Gasteiger partial charge is 0.229 e. The summed E-state index contributed by atoms with van der Waals surface area (Å²) < 4.78 is 0. The van der Waals surface area contributed by atoms with Gasteiger partial charge in [0, 0.05) is 24.5 Å². The summed E-state index contributed by atoms with van der Waals surface area (Å²) in [6.07, 6.45) is 7.30. The maximum absolute atomic E-state index is 12.6. The van der Waals surface area contributed by atoms with Gasteiger partial charge in [-0.15, -0.1) is 10.2 Å². The maximum Gasteiger partial charge on any atom is 0.229 e. The number of aromatic nitrogens is 3. The third-order valence-corrected chi connectivity index (χ3v) is 4.94. The standard InChI is InChI=1S/C16H21N5OS/c17-16-20-19-14(23-16)11-15(22)21-10-4-2-6-13(21)8-7-12-5-1-3-9-18-12/h1,3,5,9,13H,2,4,6-8,10-11H2,(H2,17,20)/t13-/m0/s1. The van der Waals surface area contributed by atoms with Crippen LogP contribution >= 0.6 is 11.3 Å². The van der Waals surface area contributed by atoms with E-state index in [2.05, 4.69) is 15.2 Å². The molecule has 0 aromatic carbocycles. The molecule has 2 aromatic rings. The molecule has 7 heteroatoms. The topological polar surface area (TPSA) is 85.0 Å². The van der Waals surface area contributed by atoms with Gasteiger partial charge in [0.25, 0.3) is 0 Å². The molecule has 122 valence electrons. The number of nitrogen functional groups attached to an aromatic ring is 1. The summed E-state index contributed by atoms with van der Waals surface area (Å²) in [5.41, 5.74) is 6.67. The number of amides is 1. The Morgan fingerprint density at radius 1 is 1.35 bits per heavy atom. The lowest BCUT2D eigenvalue weighted by molar-refractivity contribution is -0.134. The number of nitrogens with two attached hydrogens (primary N) is 1. The second kappa shape index (κ2) is 7.50. The number of aryl methyl sites for hydroxylation is 1. The van der Waals surface area contributed by atoms with Gasteiger partial charge in [-0.1, -0.05) is 17.4 Å². The molecule has 0 radical (unpaired) electrons. The van der Waals surface area contributed by atoms with Gasteiger partial charge in [0.05, 0.1) is 6.42 Å². The first kappa shape index (κ1) is 15.9. The monoisotopic (exact) mass is 331 g/mol. The first-order valence-electron chi connectivity index (χ1n) is 7.99. The normalized spacial score (nSPS) is 18.1. The summed E-state index contributed by atoms with van der Waals surface area (Å²) >= 11 is 1.29. The number of nitrogens with zero attached hydrogens (tertiary/aromatic N) is 4. The van der Waals surface area contributed by atoms with Gasteiger partial charge in [0.1, 0.15) is 5.01 Å². The minimum Gasteiger partial charge on any atom is -0.374 e. The van der Waals surface area contributed by atoms with Crippen molar-refractivity contribution in [2.24, 2.45) is 0 Å². The number of carbonyl (C=O) groups is 1. The van der Waals surface area contributed by atoms with E-state index >= 15 is 0 Å². The van der Waals surface area contributed by atoms with Crippen molar-refractivity contribution in [1.29, 1.82) is 0 Å². The van der Waals surface area contributed by atoms with Crippen LogP contribution in [0.25, 0.3) is 0 Å². The molecule has 0 bridgehead atoms. The van der Waals surface area contributed by atoms with E-state index in [1.807, 2.05) is 29.3 Å². The number of pyridine rings is 1. The Labute approximate surface area is 139 Å². The minimum atomic E-state index is 0.131. The largest absolute Gasteiger partial charge is 0.374 e. The van der Waals surface area contributed by atoms with Crippen LogP contribution in [0.3, 0.4) is 0 Å². The third-order valence-electron chi connectivity index (χ3n) is 4.19. The van der Waals surface area contributed by atoms with Crippen molar-refractivity contribution < 1.29 is 4.79 Å². The zero-order chi connectivity index (χ0) is 16.1. The van der Waals surface area contributed by atoms with Crippen LogP contribution in [0.2, 0.25) is 0 Å². The average molecular weight is 331 g/mol. The zero-order valence-corrected chi connectivity index (χ0v) is 13.8. The van der Waals surface area contributed by atoms with Gasteiger partial charge in [-0.25, -0.2) is 0 Å². The van der Waals surface area contributed by atoms with E-state index in [4.69, 9.17) is 5.73 Å². The Hall–Kier alpha value is -2.02. The quantitative estimate of drug-likeness (QED) is 0.906. The lowest BCUT2D eigenvalue weighted by Gasteiger charge is -2.35. The van der Waals surface area contributed by atoms with Crippen LogP contribution in [-0.4, -0.2) is 38.6 Å². The Kier molecular flexibility index (Phi) is 5.17. The Bertz CT molecular complexity index is 645. The molecule has 1 aliphatic rings. The van der Waals surface area contributed by atoms with Crippen LogP contribution in [0.15, 0.2) is 24.4 Å². The number of rotatable bonds is 5. The number of likely N-dealkylation sites (tertiary alicyclic amines) is 1. The van der Waals surface area contributed by atoms with Crippen molar-refractivity contribution in [3.8, 4) is 0 Å². The lowest BCUT2D eigenvalue weighted by Crippen LogP contribution is -2.44. The van der Waals surface area contributed by atoms with E-state index in [0.717, 1.165) is 37.9 Å². The van der Waals surface area contributed by atoms with Crippen molar-refractivity contribution in [3.05, 3.63) is 35.1 Å². The van der Waals surface area contributed by atoms with Crippen LogP contribution in [0.1, 0.15) is 36.4 Å². The van der Waals surface area contributed by atoms with Gasteiger partial charge in [0.15, 0.2) is 0 Å². The van der Waals surface area contributed by atoms with Crippen molar-refractivity contribution in [2.75, 3.05) is 12.3 Å². The molecule has 1 amide bonds. The van der Waals surface area contributed by atoms with Gasteiger partial charge in [-0.3, -0.25) is 9.78 Å². The molecule has 1 fully saturated rings. The second-order valence-electron chi connectivity index (χ2n) is 5.81. The highest BCUT2D eigenvalue weighted by atomic mass is 32.1. The van der Waals surface area contributed by atoms with E-state index in [1.165, 1.54) is 17.8 Å². The van der Waals surface area contributed by atoms with E-state index in [0.29, 0.717) is 22.6 Å². The summed E-state index contributed by atoms with van der Waals surface area (Å²) in [7, 11) is 0. The van der Waals surface area contributed by atoms with Crippen LogP contribution in [0, 0.1) is 0 Å². The molecule has 1 saturated heterocycles. The van der Waals surface area contributed by atoms with Crippen LogP contribution in [0.5, 0.6) is 0 Å². The molecular weight excluding hydrogens is 310 g/mol. The summed E-state index contributed by atoms with van der Waals surface area (Å²) in [5.74, 6) is 0.131. The summed E-state index contributed by atoms with van der Waals surface area (Å²) in [5, 5.41) is 8.84. The van der Waals surface area contributed by atoms with Crippen molar-refractivity contribution in [1.82, 2.24) is 20.1 Å². The Morgan fingerprint density at radius 3 is 3.00 bits per heavy atom. The van der Waals surface area contributed by atoms with Gasteiger partial charge < -0.3 is 10.6 Å². The second-order valence-corrected chi connectivity index (χ2v) is 6.90. The van der Waals surface area contributed by atoms with Crippen molar-refractivity contribution >= 4 is 22.4 Å². The average Bonchev–Trinajstić information content (AvgIpc) is 2.99. The first-order valence-corrected chi connectivity index (χ1v) is 8.81. The molecule has 1 aliphatic heterocycles. The zero-order valence-electron chi connectivity index (χ0n) is 13.0. The van der Waals surface area contributed by atoms with Crippen LogP contribution in [0.4, 0.5) is 5.13 Å². The fraction of sp³-hybridized carbons (Fsp3) is 0.500. The molecule has 0 unspecified atom stereocenters. The fourth-order valence-electron chi connectivity index (χ4n) is 3.06. The predicted octanol–water partition coefficient (Wildman–Crippen LogP) is 2.07. The Morgan fingerprint density at radius 2 is 2.26 bits per heavy atom. The van der Waals surface area contributed by atoms with E-state index in [1.54, 1.807) is 0 Å². The van der Waals surface area contributed by atoms with Crippen molar-refractivity contribution in [3.63, 3.8) is 0 Å². The molecule has 6 nitrogen and oxygen atoms in total. The molecule has 23 heavy (non-hydrogen) atoms. The summed E-state index contributed by atoms with van der Waals surface area (Å²) in [6.45, 7) is 0.833. The van der Waals surface area contributed by atoms with E-state index in [9.17, 15) is 4.79 Å². The number of hydrogen-bond acceptors (Lipinski definition) is 6. The number of hydrogen-bond donors (Lipinski definition) is 1. The molecular formula is C16H21N5OS. The maximum atomic E-state index is 12.6. The fourth-order valence-corrected chi connectivity index (χ4v) is 3.66. The first-order chi connectivity index (χ1) is 11.2. The number of piperidine rings is 1. The number of anilines is 1. The van der Waals surface area contributed by atoms with E-state index < -0.39 is 0 Å². The third kappa shape index (κ3) is 4.25. The number of carbonyl (C=O) groups excluding carboxylic acids is 1.